The highest BCUT2D eigenvalue weighted by Crippen LogP contribution is 2.40. The number of halogens is 1. The fourth-order valence-corrected chi connectivity index (χ4v) is 1.71. The number of hydrogen-bond acceptors (Lipinski definition) is 2. The van der Waals surface area contributed by atoms with E-state index < -0.39 is 8.69 Å². The molecule has 1 N–H and O–H groups in total. The van der Waals surface area contributed by atoms with Gasteiger partial charge in [0, 0.05) is 5.56 Å². The van der Waals surface area contributed by atoms with Crippen LogP contribution in [0.2, 0.25) is 0 Å². The molecular weight excluding hydrogens is 214 g/mol. The molecule has 0 amide bonds. The van der Waals surface area contributed by atoms with Crippen molar-refractivity contribution < 1.29 is 13.6 Å². The Morgan fingerprint density at radius 2 is 1.93 bits per heavy atom. The van der Waals surface area contributed by atoms with Gasteiger partial charge in [-0.3, -0.25) is 0 Å². The van der Waals surface area contributed by atoms with E-state index in [0.717, 1.165) is 11.1 Å². The highest BCUT2D eigenvalue weighted by atomic mass is 31.2. The van der Waals surface area contributed by atoms with E-state index in [0.29, 0.717) is 5.75 Å². The molecule has 0 aliphatic rings. The van der Waals surface area contributed by atoms with Crippen molar-refractivity contribution in [3.8, 4) is 5.75 Å². The minimum atomic E-state index is -2.85. The quantitative estimate of drug-likeness (QED) is 0.781. The average Bonchev–Trinajstić information content (AvgIpc) is 2.05. The van der Waals surface area contributed by atoms with Crippen molar-refractivity contribution >= 4 is 8.69 Å². The predicted octanol–water partition coefficient (Wildman–Crippen LogP) is 3.86. The van der Waals surface area contributed by atoms with Gasteiger partial charge < -0.3 is 9.42 Å². The Labute approximate surface area is 91.1 Å². The zero-order valence-electron chi connectivity index (χ0n) is 9.41. The lowest BCUT2D eigenvalue weighted by molar-refractivity contribution is 0.423. The summed E-state index contributed by atoms with van der Waals surface area (Å²) in [5.74, 6) is 0.421. The molecule has 1 unspecified atom stereocenters. The maximum atomic E-state index is 12.5. The molecule has 0 bridgehead atoms. The van der Waals surface area contributed by atoms with Crippen LogP contribution < -0.4 is 4.52 Å². The van der Waals surface area contributed by atoms with Crippen molar-refractivity contribution in [2.75, 3.05) is 0 Å². The number of benzene rings is 1. The highest BCUT2D eigenvalue weighted by Gasteiger charge is 2.20. The summed E-state index contributed by atoms with van der Waals surface area (Å²) in [6.45, 7) is 8.03. The first-order valence-corrected chi connectivity index (χ1v) is 5.85. The van der Waals surface area contributed by atoms with Crippen molar-refractivity contribution in [3.63, 3.8) is 0 Å². The van der Waals surface area contributed by atoms with E-state index in [-0.39, 0.29) is 5.41 Å². The van der Waals surface area contributed by atoms with Gasteiger partial charge >= 0.3 is 8.69 Å². The Morgan fingerprint density at radius 3 is 2.40 bits per heavy atom. The molecule has 0 saturated carbocycles. The third-order valence-electron chi connectivity index (χ3n) is 2.12. The summed E-state index contributed by atoms with van der Waals surface area (Å²) in [5, 5.41) is 0. The van der Waals surface area contributed by atoms with Crippen molar-refractivity contribution in [1.29, 1.82) is 0 Å². The number of aryl methyl sites for hydroxylation is 1. The molecule has 1 aromatic carbocycles. The molecule has 2 nitrogen and oxygen atoms in total. The Bertz CT molecular complexity index is 345. The smallest absolute Gasteiger partial charge is 0.424 e. The van der Waals surface area contributed by atoms with Crippen LogP contribution in [0.25, 0.3) is 0 Å². The van der Waals surface area contributed by atoms with Crippen molar-refractivity contribution in [2.45, 2.75) is 33.1 Å². The third kappa shape index (κ3) is 3.44. The van der Waals surface area contributed by atoms with Gasteiger partial charge in [0.25, 0.3) is 0 Å². The van der Waals surface area contributed by atoms with Gasteiger partial charge in [-0.1, -0.05) is 38.5 Å². The van der Waals surface area contributed by atoms with E-state index in [1.807, 2.05) is 39.8 Å². The van der Waals surface area contributed by atoms with E-state index >= 15 is 0 Å². The van der Waals surface area contributed by atoms with Gasteiger partial charge in [-0.25, -0.2) is 0 Å². The Kier molecular flexibility index (Phi) is 3.69. The molecule has 4 heteroatoms. The second-order valence-corrected chi connectivity index (χ2v) is 5.20. The minimum absolute atomic E-state index is 0.132. The second kappa shape index (κ2) is 4.46. The monoisotopic (exact) mass is 230 g/mol. The molecule has 0 aromatic heterocycles. The van der Waals surface area contributed by atoms with Crippen molar-refractivity contribution in [2.24, 2.45) is 0 Å². The van der Waals surface area contributed by atoms with Crippen LogP contribution in [-0.4, -0.2) is 4.89 Å². The van der Waals surface area contributed by atoms with E-state index in [1.54, 1.807) is 6.07 Å². The molecule has 84 valence electrons. The first kappa shape index (κ1) is 12.4. The van der Waals surface area contributed by atoms with Crippen molar-refractivity contribution in [1.82, 2.24) is 0 Å². The number of hydrogen-bond donors (Lipinski definition) is 1. The van der Waals surface area contributed by atoms with Gasteiger partial charge in [-0.15, -0.1) is 4.20 Å². The minimum Gasteiger partial charge on any atom is -0.424 e. The van der Waals surface area contributed by atoms with Crippen LogP contribution in [0, 0.1) is 6.92 Å². The first-order valence-electron chi connectivity index (χ1n) is 4.74. The van der Waals surface area contributed by atoms with Crippen LogP contribution in [0.4, 0.5) is 4.20 Å². The lowest BCUT2D eigenvalue weighted by atomic mass is 9.85. The SMILES string of the molecule is Cc1ccc(OP(O)F)c(C(C)(C)C)c1. The zero-order valence-corrected chi connectivity index (χ0v) is 10.3. The molecule has 0 heterocycles. The predicted molar refractivity (Wildman–Crippen MR) is 60.8 cm³/mol. The molecule has 15 heavy (non-hydrogen) atoms. The molecule has 1 atom stereocenters. The van der Waals surface area contributed by atoms with Gasteiger partial charge in [-0.05, 0) is 18.4 Å². The lowest BCUT2D eigenvalue weighted by Crippen LogP contribution is -2.12. The summed E-state index contributed by atoms with van der Waals surface area (Å²) >= 11 is 0. The summed E-state index contributed by atoms with van der Waals surface area (Å²) < 4.78 is 17.2. The Hall–Kier alpha value is -0.660. The van der Waals surface area contributed by atoms with Gasteiger partial charge in [-0.2, -0.15) is 0 Å². The highest BCUT2D eigenvalue weighted by molar-refractivity contribution is 7.40. The van der Waals surface area contributed by atoms with Crippen LogP contribution in [0.3, 0.4) is 0 Å². The average molecular weight is 230 g/mol. The van der Waals surface area contributed by atoms with E-state index in [2.05, 4.69) is 0 Å². The molecule has 1 rings (SSSR count). The Morgan fingerprint density at radius 1 is 1.33 bits per heavy atom. The summed E-state index contributed by atoms with van der Waals surface area (Å²) in [6.07, 6.45) is 0. The standard InChI is InChI=1S/C11H16FO2P/c1-8-5-6-10(14-15(12)13)9(7-8)11(2,3)4/h5-7,13H,1-4H3. The summed E-state index contributed by atoms with van der Waals surface area (Å²) in [6, 6.07) is 5.48. The summed E-state index contributed by atoms with van der Waals surface area (Å²) in [7, 11) is -2.85. The van der Waals surface area contributed by atoms with E-state index in [1.165, 1.54) is 0 Å². The molecule has 0 spiro atoms. The normalized spacial score (nSPS) is 13.7. The zero-order chi connectivity index (χ0) is 11.6. The maximum absolute atomic E-state index is 12.5. The summed E-state index contributed by atoms with van der Waals surface area (Å²) in [4.78, 5) is 8.64. The van der Waals surface area contributed by atoms with Crippen LogP contribution in [0.1, 0.15) is 31.9 Å². The second-order valence-electron chi connectivity index (χ2n) is 4.57. The molecule has 0 radical (unpaired) electrons. The molecule has 0 aliphatic heterocycles. The molecule has 0 fully saturated rings. The van der Waals surface area contributed by atoms with Crippen LogP contribution in [-0.2, 0) is 5.41 Å². The van der Waals surface area contributed by atoms with E-state index in [9.17, 15) is 4.20 Å². The largest absolute Gasteiger partial charge is 0.436 e. The first-order chi connectivity index (χ1) is 6.80. The molecule has 0 saturated heterocycles. The van der Waals surface area contributed by atoms with Crippen LogP contribution in [0.15, 0.2) is 18.2 Å². The fraction of sp³-hybridized carbons (Fsp3) is 0.455. The molecule has 1 aromatic rings. The van der Waals surface area contributed by atoms with Gasteiger partial charge in [0.05, 0.1) is 0 Å². The molecular formula is C11H16FO2P. The van der Waals surface area contributed by atoms with Crippen LogP contribution >= 0.6 is 8.69 Å². The Balaban J connectivity index is 3.15. The van der Waals surface area contributed by atoms with Gasteiger partial charge in [0.2, 0.25) is 0 Å². The maximum Gasteiger partial charge on any atom is 0.436 e. The van der Waals surface area contributed by atoms with Gasteiger partial charge in [0.1, 0.15) is 5.75 Å². The lowest BCUT2D eigenvalue weighted by Gasteiger charge is -2.22. The van der Waals surface area contributed by atoms with E-state index in [4.69, 9.17) is 9.42 Å². The fourth-order valence-electron chi connectivity index (χ4n) is 1.39. The topological polar surface area (TPSA) is 29.5 Å². The third-order valence-corrected chi connectivity index (χ3v) is 2.46. The van der Waals surface area contributed by atoms with Crippen molar-refractivity contribution in [3.05, 3.63) is 29.3 Å². The van der Waals surface area contributed by atoms with Gasteiger partial charge in [0.15, 0.2) is 0 Å². The molecule has 0 aliphatic carbocycles. The number of rotatable bonds is 2. The summed E-state index contributed by atoms with van der Waals surface area (Å²) in [5.41, 5.74) is 1.86. The van der Waals surface area contributed by atoms with Crippen LogP contribution in [0.5, 0.6) is 5.75 Å².